The van der Waals surface area contributed by atoms with Gasteiger partial charge in [0.25, 0.3) is 0 Å². The third-order valence-corrected chi connectivity index (χ3v) is 3.96. The van der Waals surface area contributed by atoms with Crippen molar-refractivity contribution in [2.45, 2.75) is 11.8 Å². The minimum atomic E-state index is 0.937. The molecular weight excluding hydrogens is 236 g/mol. The first-order valence-electron chi connectivity index (χ1n) is 5.20. The van der Waals surface area contributed by atoms with Gasteiger partial charge in [0.15, 0.2) is 0 Å². The van der Waals surface area contributed by atoms with Gasteiger partial charge < -0.3 is 5.32 Å². The Hall–Kier alpha value is -1.00. The number of nitrogens with zero attached hydrogens (tertiary/aromatic N) is 1. The molecule has 1 aromatic carbocycles. The molecule has 0 saturated heterocycles. The molecule has 84 valence electrons. The quantitative estimate of drug-likeness (QED) is 0.831. The molecule has 0 atom stereocenters. The van der Waals surface area contributed by atoms with E-state index in [9.17, 15) is 0 Å². The lowest BCUT2D eigenvalue weighted by molar-refractivity contribution is 1.34. The van der Waals surface area contributed by atoms with Crippen LogP contribution in [0.3, 0.4) is 0 Å². The number of rotatable bonds is 4. The first-order valence-corrected chi connectivity index (χ1v) is 7.06. The molecule has 1 N–H and O–H groups in total. The summed E-state index contributed by atoms with van der Waals surface area (Å²) in [5.41, 5.74) is 1.19. The van der Waals surface area contributed by atoms with Crippen LogP contribution in [0.5, 0.6) is 0 Å². The van der Waals surface area contributed by atoms with Gasteiger partial charge in [0.1, 0.15) is 10.8 Å². The van der Waals surface area contributed by atoms with Gasteiger partial charge in [-0.15, -0.1) is 23.1 Å². The molecule has 1 heterocycles. The van der Waals surface area contributed by atoms with Gasteiger partial charge >= 0.3 is 0 Å². The lowest BCUT2D eigenvalue weighted by Crippen LogP contribution is -1.86. The Balaban J connectivity index is 2.20. The minimum Gasteiger partial charge on any atom is -0.372 e. The van der Waals surface area contributed by atoms with E-state index in [0.29, 0.717) is 0 Å². The second-order valence-electron chi connectivity index (χ2n) is 3.25. The number of thioether (sulfide) groups is 1. The van der Waals surface area contributed by atoms with Crippen molar-refractivity contribution in [3.63, 3.8) is 0 Å². The summed E-state index contributed by atoms with van der Waals surface area (Å²) in [6.07, 6.45) is 0. The second kappa shape index (κ2) is 5.37. The third kappa shape index (κ3) is 2.57. The molecule has 2 nitrogen and oxygen atoms in total. The average molecular weight is 250 g/mol. The molecule has 0 fully saturated rings. The molecule has 0 saturated carbocycles. The highest BCUT2D eigenvalue weighted by Gasteiger charge is 2.03. The van der Waals surface area contributed by atoms with Crippen molar-refractivity contribution in [3.8, 4) is 10.6 Å². The van der Waals surface area contributed by atoms with Gasteiger partial charge in [-0.25, -0.2) is 4.98 Å². The highest BCUT2D eigenvalue weighted by molar-refractivity contribution is 7.99. The van der Waals surface area contributed by atoms with Crippen LogP contribution in [0.1, 0.15) is 6.92 Å². The first-order chi connectivity index (χ1) is 7.83. The number of hydrogen-bond acceptors (Lipinski definition) is 4. The van der Waals surface area contributed by atoms with Gasteiger partial charge in [0, 0.05) is 22.9 Å². The predicted octanol–water partition coefficient (Wildman–Crippen LogP) is 3.96. The standard InChI is InChI=1S/C12H14N2S2/c1-3-15-10-6-4-9(5-7-10)12-14-11(13-2)8-16-12/h4-8,13H,3H2,1-2H3. The fourth-order valence-electron chi connectivity index (χ4n) is 1.38. The van der Waals surface area contributed by atoms with Crippen LogP contribution in [0.15, 0.2) is 34.5 Å². The summed E-state index contributed by atoms with van der Waals surface area (Å²) in [6.45, 7) is 2.17. The summed E-state index contributed by atoms with van der Waals surface area (Å²) >= 11 is 3.53. The zero-order valence-electron chi connectivity index (χ0n) is 9.36. The smallest absolute Gasteiger partial charge is 0.137 e. The largest absolute Gasteiger partial charge is 0.372 e. The Morgan fingerprint density at radius 1 is 1.31 bits per heavy atom. The maximum Gasteiger partial charge on any atom is 0.137 e. The fraction of sp³-hybridized carbons (Fsp3) is 0.250. The van der Waals surface area contributed by atoms with E-state index in [1.54, 1.807) is 11.3 Å². The molecule has 4 heteroatoms. The van der Waals surface area contributed by atoms with E-state index in [0.717, 1.165) is 16.6 Å². The Morgan fingerprint density at radius 2 is 2.06 bits per heavy atom. The van der Waals surface area contributed by atoms with E-state index in [1.165, 1.54) is 10.5 Å². The molecular formula is C12H14N2S2. The van der Waals surface area contributed by atoms with Crippen molar-refractivity contribution < 1.29 is 0 Å². The number of aromatic nitrogens is 1. The van der Waals surface area contributed by atoms with Crippen LogP contribution in [-0.2, 0) is 0 Å². The van der Waals surface area contributed by atoms with E-state index in [-0.39, 0.29) is 0 Å². The molecule has 0 aliphatic carbocycles. The van der Waals surface area contributed by atoms with Crippen molar-refractivity contribution in [2.75, 3.05) is 18.1 Å². The molecule has 0 radical (unpaired) electrons. The van der Waals surface area contributed by atoms with Gasteiger partial charge in [-0.2, -0.15) is 0 Å². The number of thiazole rings is 1. The Labute approximate surface area is 104 Å². The fourth-order valence-corrected chi connectivity index (χ4v) is 2.86. The van der Waals surface area contributed by atoms with Crippen molar-refractivity contribution in [2.24, 2.45) is 0 Å². The Kier molecular flexibility index (Phi) is 3.85. The van der Waals surface area contributed by atoms with Crippen LogP contribution in [0.2, 0.25) is 0 Å². The average Bonchev–Trinajstić information content (AvgIpc) is 2.79. The summed E-state index contributed by atoms with van der Waals surface area (Å²) in [6, 6.07) is 8.58. The molecule has 1 aromatic heterocycles. The second-order valence-corrected chi connectivity index (χ2v) is 5.44. The maximum absolute atomic E-state index is 4.48. The van der Waals surface area contributed by atoms with E-state index < -0.39 is 0 Å². The van der Waals surface area contributed by atoms with Crippen LogP contribution in [0.4, 0.5) is 5.82 Å². The van der Waals surface area contributed by atoms with Crippen molar-refractivity contribution in [1.82, 2.24) is 4.98 Å². The van der Waals surface area contributed by atoms with Gasteiger partial charge in [0.05, 0.1) is 0 Å². The van der Waals surface area contributed by atoms with Crippen LogP contribution >= 0.6 is 23.1 Å². The normalized spacial score (nSPS) is 10.4. The lowest BCUT2D eigenvalue weighted by atomic mass is 10.2. The molecule has 0 amide bonds. The summed E-state index contributed by atoms with van der Waals surface area (Å²) in [4.78, 5) is 5.79. The number of nitrogens with one attached hydrogen (secondary N) is 1. The Morgan fingerprint density at radius 3 is 2.62 bits per heavy atom. The molecule has 0 bridgehead atoms. The molecule has 16 heavy (non-hydrogen) atoms. The third-order valence-electron chi connectivity index (χ3n) is 2.17. The van der Waals surface area contributed by atoms with Crippen molar-refractivity contribution >= 4 is 28.9 Å². The summed E-state index contributed by atoms with van der Waals surface area (Å²) in [7, 11) is 1.89. The Bertz CT molecular complexity index is 448. The number of hydrogen-bond donors (Lipinski definition) is 1. The summed E-state index contributed by atoms with van der Waals surface area (Å²) in [5.74, 6) is 2.05. The minimum absolute atomic E-state index is 0.937. The zero-order chi connectivity index (χ0) is 11.4. The first kappa shape index (κ1) is 11.5. The monoisotopic (exact) mass is 250 g/mol. The van der Waals surface area contributed by atoms with Crippen molar-refractivity contribution in [3.05, 3.63) is 29.6 Å². The van der Waals surface area contributed by atoms with Gasteiger partial charge in [-0.3, -0.25) is 0 Å². The number of anilines is 1. The van der Waals surface area contributed by atoms with E-state index in [1.807, 2.05) is 24.2 Å². The van der Waals surface area contributed by atoms with Gasteiger partial charge in [0.2, 0.25) is 0 Å². The predicted molar refractivity (Wildman–Crippen MR) is 73.5 cm³/mol. The molecule has 0 aliphatic heterocycles. The summed E-state index contributed by atoms with van der Waals surface area (Å²) in [5, 5.41) is 6.14. The molecule has 2 rings (SSSR count). The van der Waals surface area contributed by atoms with Gasteiger partial charge in [-0.1, -0.05) is 19.1 Å². The van der Waals surface area contributed by atoms with Crippen LogP contribution in [-0.4, -0.2) is 17.8 Å². The molecule has 2 aromatic rings. The zero-order valence-corrected chi connectivity index (χ0v) is 11.0. The summed E-state index contributed by atoms with van der Waals surface area (Å²) < 4.78 is 0. The van der Waals surface area contributed by atoms with E-state index in [2.05, 4.69) is 41.5 Å². The van der Waals surface area contributed by atoms with Crippen LogP contribution < -0.4 is 5.32 Å². The highest BCUT2D eigenvalue weighted by atomic mass is 32.2. The molecule has 0 unspecified atom stereocenters. The van der Waals surface area contributed by atoms with E-state index >= 15 is 0 Å². The van der Waals surface area contributed by atoms with Crippen LogP contribution in [0, 0.1) is 0 Å². The lowest BCUT2D eigenvalue weighted by Gasteiger charge is -2.00. The van der Waals surface area contributed by atoms with Crippen molar-refractivity contribution in [1.29, 1.82) is 0 Å². The molecule has 0 spiro atoms. The molecule has 0 aliphatic rings. The SMILES string of the molecule is CCSc1ccc(-c2nc(NC)cs2)cc1. The maximum atomic E-state index is 4.48. The number of benzene rings is 1. The van der Waals surface area contributed by atoms with Crippen LogP contribution in [0.25, 0.3) is 10.6 Å². The topological polar surface area (TPSA) is 24.9 Å². The van der Waals surface area contributed by atoms with E-state index in [4.69, 9.17) is 0 Å². The van der Waals surface area contributed by atoms with Gasteiger partial charge in [-0.05, 0) is 17.9 Å². The highest BCUT2D eigenvalue weighted by Crippen LogP contribution is 2.27.